The first-order valence-corrected chi connectivity index (χ1v) is 7.06. The number of aromatic carboxylic acids is 1. The van der Waals surface area contributed by atoms with Crippen molar-refractivity contribution < 1.29 is 19.5 Å². The molecule has 0 aromatic heterocycles. The second-order valence-corrected chi connectivity index (χ2v) is 5.72. The molecule has 2 aromatic rings. The summed E-state index contributed by atoms with van der Waals surface area (Å²) in [6.07, 6.45) is 0. The van der Waals surface area contributed by atoms with E-state index in [0.717, 1.165) is 0 Å². The van der Waals surface area contributed by atoms with Gasteiger partial charge in [-0.2, -0.15) is 0 Å². The number of carboxylic acid groups (broad SMARTS) is 1. The van der Waals surface area contributed by atoms with Crippen LogP contribution in [0.4, 0.5) is 0 Å². The van der Waals surface area contributed by atoms with Gasteiger partial charge in [0.05, 0.1) is 15.6 Å². The highest BCUT2D eigenvalue weighted by Crippen LogP contribution is 2.38. The minimum atomic E-state index is -1.12. The van der Waals surface area contributed by atoms with E-state index in [9.17, 15) is 14.4 Å². The lowest BCUT2D eigenvalue weighted by molar-refractivity contribution is 0.0695. The van der Waals surface area contributed by atoms with E-state index in [1.54, 1.807) is 6.07 Å². The van der Waals surface area contributed by atoms with Crippen molar-refractivity contribution in [3.63, 3.8) is 0 Å². The van der Waals surface area contributed by atoms with Crippen LogP contribution in [0.15, 0.2) is 36.4 Å². The summed E-state index contributed by atoms with van der Waals surface area (Å²) in [5.74, 6) is -2.98. The minimum Gasteiger partial charge on any atom is -0.478 e. The maximum absolute atomic E-state index is 12.5. The third-order valence-corrected chi connectivity index (χ3v) is 4.30. The van der Waals surface area contributed by atoms with Crippen LogP contribution in [0.1, 0.15) is 42.6 Å². The van der Waals surface area contributed by atoms with E-state index in [-0.39, 0.29) is 26.7 Å². The van der Waals surface area contributed by atoms with E-state index < -0.39 is 23.5 Å². The van der Waals surface area contributed by atoms with Gasteiger partial charge in [-0.3, -0.25) is 9.59 Å². The summed E-state index contributed by atoms with van der Waals surface area (Å²) in [5, 5.41) is 9.42. The number of benzene rings is 2. The fourth-order valence-corrected chi connectivity index (χ4v) is 2.87. The van der Waals surface area contributed by atoms with Crippen LogP contribution < -0.4 is 0 Å². The zero-order valence-corrected chi connectivity index (χ0v) is 12.5. The van der Waals surface area contributed by atoms with Gasteiger partial charge >= 0.3 is 5.97 Å². The Hall–Kier alpha value is -2.17. The predicted octanol–water partition coefficient (Wildman–Crippen LogP) is 3.85. The van der Waals surface area contributed by atoms with E-state index in [4.69, 9.17) is 28.3 Å². The smallest absolute Gasteiger partial charge is 0.335 e. The molecule has 0 saturated carbocycles. The fraction of sp³-hybridized carbons (Fsp3) is 0.0625. The number of fused-ring (bicyclic) bond motifs is 1. The van der Waals surface area contributed by atoms with Crippen LogP contribution in [-0.4, -0.2) is 22.6 Å². The van der Waals surface area contributed by atoms with Crippen molar-refractivity contribution in [2.75, 3.05) is 0 Å². The molecular formula is C16H8Cl2O4. The average Bonchev–Trinajstić information content (AvgIpc) is 2.71. The molecule has 4 nitrogen and oxygen atoms in total. The van der Waals surface area contributed by atoms with Crippen LogP contribution in [-0.2, 0) is 0 Å². The number of halogens is 2. The van der Waals surface area contributed by atoms with E-state index in [1.807, 2.05) is 0 Å². The molecule has 0 aliphatic heterocycles. The summed E-state index contributed by atoms with van der Waals surface area (Å²) in [6.45, 7) is 0. The maximum atomic E-state index is 12.5. The maximum Gasteiger partial charge on any atom is 0.335 e. The minimum absolute atomic E-state index is 0.0186. The first-order valence-electron chi connectivity index (χ1n) is 6.31. The Kier molecular flexibility index (Phi) is 3.51. The van der Waals surface area contributed by atoms with E-state index in [1.165, 1.54) is 30.3 Å². The second kappa shape index (κ2) is 5.23. The summed E-state index contributed by atoms with van der Waals surface area (Å²) in [7, 11) is 0. The molecular weight excluding hydrogens is 327 g/mol. The quantitative estimate of drug-likeness (QED) is 0.846. The third kappa shape index (κ3) is 2.21. The number of rotatable bonds is 2. The van der Waals surface area contributed by atoms with Crippen molar-refractivity contribution in [1.29, 1.82) is 0 Å². The van der Waals surface area contributed by atoms with Gasteiger partial charge in [-0.25, -0.2) is 4.79 Å². The summed E-state index contributed by atoms with van der Waals surface area (Å²) in [5.41, 5.74) is 0.790. The molecule has 0 fully saturated rings. The van der Waals surface area contributed by atoms with Gasteiger partial charge in [-0.15, -0.1) is 0 Å². The van der Waals surface area contributed by atoms with Crippen molar-refractivity contribution in [3.8, 4) is 0 Å². The van der Waals surface area contributed by atoms with Gasteiger partial charge in [-0.05, 0) is 29.8 Å². The van der Waals surface area contributed by atoms with Crippen molar-refractivity contribution in [3.05, 3.63) is 68.7 Å². The lowest BCUT2D eigenvalue weighted by atomic mass is 9.93. The Bertz CT molecular complexity index is 801. The number of hydrogen-bond donors (Lipinski definition) is 1. The number of carbonyl (C=O) groups excluding carboxylic acids is 2. The Labute approximate surface area is 135 Å². The Balaban J connectivity index is 2.11. The van der Waals surface area contributed by atoms with Gasteiger partial charge in [0, 0.05) is 11.1 Å². The molecule has 0 radical (unpaired) electrons. The van der Waals surface area contributed by atoms with Crippen LogP contribution >= 0.6 is 23.2 Å². The molecule has 6 heteroatoms. The molecule has 1 aliphatic carbocycles. The molecule has 0 spiro atoms. The van der Waals surface area contributed by atoms with Crippen LogP contribution in [0.5, 0.6) is 0 Å². The van der Waals surface area contributed by atoms with E-state index >= 15 is 0 Å². The third-order valence-electron chi connectivity index (χ3n) is 3.58. The molecule has 2 aromatic carbocycles. The first-order chi connectivity index (χ1) is 10.4. The molecule has 0 bridgehead atoms. The molecule has 0 heterocycles. The summed E-state index contributed by atoms with van der Waals surface area (Å²) >= 11 is 11.8. The Morgan fingerprint density at radius 3 is 2.00 bits per heavy atom. The van der Waals surface area contributed by atoms with Crippen LogP contribution in [0.3, 0.4) is 0 Å². The lowest BCUT2D eigenvalue weighted by Crippen LogP contribution is -2.13. The SMILES string of the molecule is O=C(O)c1cccc(C2C(=O)c3cc(Cl)c(Cl)cc3C2=O)c1. The van der Waals surface area contributed by atoms with Crippen LogP contribution in [0, 0.1) is 0 Å². The molecule has 0 unspecified atom stereocenters. The summed E-state index contributed by atoms with van der Waals surface area (Å²) in [6, 6.07) is 8.54. The number of ketones is 2. The van der Waals surface area contributed by atoms with Crippen molar-refractivity contribution >= 4 is 40.7 Å². The van der Waals surface area contributed by atoms with Crippen molar-refractivity contribution in [2.24, 2.45) is 0 Å². The largest absolute Gasteiger partial charge is 0.478 e. The normalized spacial score (nSPS) is 14.3. The topological polar surface area (TPSA) is 71.4 Å². The highest BCUT2D eigenvalue weighted by Gasteiger charge is 2.40. The Morgan fingerprint density at radius 1 is 0.955 bits per heavy atom. The number of Topliss-reactive ketones (excluding diaryl/α,β-unsaturated/α-hetero) is 2. The van der Waals surface area contributed by atoms with Gasteiger partial charge in [-0.1, -0.05) is 35.3 Å². The molecule has 0 saturated heterocycles. The highest BCUT2D eigenvalue weighted by molar-refractivity contribution is 6.43. The summed E-state index contributed by atoms with van der Waals surface area (Å²) in [4.78, 5) is 36.0. The monoisotopic (exact) mass is 334 g/mol. The molecule has 1 N–H and O–H groups in total. The van der Waals surface area contributed by atoms with Crippen LogP contribution in [0.25, 0.3) is 0 Å². The van der Waals surface area contributed by atoms with E-state index in [2.05, 4.69) is 0 Å². The number of carboxylic acids is 1. The second-order valence-electron chi connectivity index (χ2n) is 4.90. The molecule has 110 valence electrons. The standard InChI is InChI=1S/C16H8Cl2O4/c17-11-5-9-10(6-12(11)18)15(20)13(14(9)19)7-2-1-3-8(4-7)16(21)22/h1-6,13H,(H,21,22). The number of hydrogen-bond acceptors (Lipinski definition) is 3. The van der Waals surface area contributed by atoms with Crippen molar-refractivity contribution in [2.45, 2.75) is 5.92 Å². The first kappa shape index (κ1) is 14.8. The molecule has 0 atom stereocenters. The average molecular weight is 335 g/mol. The fourth-order valence-electron chi connectivity index (χ4n) is 2.54. The lowest BCUT2D eigenvalue weighted by Gasteiger charge is -2.07. The molecule has 22 heavy (non-hydrogen) atoms. The highest BCUT2D eigenvalue weighted by atomic mass is 35.5. The van der Waals surface area contributed by atoms with E-state index in [0.29, 0.717) is 5.56 Å². The van der Waals surface area contributed by atoms with Gasteiger partial charge in [0.1, 0.15) is 5.92 Å². The number of carbonyl (C=O) groups is 3. The Morgan fingerprint density at radius 2 is 1.50 bits per heavy atom. The van der Waals surface area contributed by atoms with Gasteiger partial charge in [0.15, 0.2) is 11.6 Å². The summed E-state index contributed by atoms with van der Waals surface area (Å²) < 4.78 is 0. The van der Waals surface area contributed by atoms with Crippen molar-refractivity contribution in [1.82, 2.24) is 0 Å². The van der Waals surface area contributed by atoms with Gasteiger partial charge in [0.25, 0.3) is 0 Å². The van der Waals surface area contributed by atoms with Gasteiger partial charge < -0.3 is 5.11 Å². The zero-order valence-electron chi connectivity index (χ0n) is 11.0. The van der Waals surface area contributed by atoms with Gasteiger partial charge in [0.2, 0.25) is 0 Å². The predicted molar refractivity (Wildman–Crippen MR) is 81.3 cm³/mol. The molecule has 1 aliphatic rings. The molecule has 3 rings (SSSR count). The van der Waals surface area contributed by atoms with Crippen LogP contribution in [0.2, 0.25) is 10.0 Å². The molecule has 0 amide bonds. The zero-order chi connectivity index (χ0) is 16.0.